The standard InChI is InChI=1S/C35H31F2N5O3.C34H29F2N5O3.C27H24BrFN6O3/c1-20-7-4-5-8-26(20)27-9-6-10-30(34(27)37)40-35(45)32-14-25(36)17-42(32)33(44)19-41-18-29(21(2)43)28-13-23(11-12-31(28)41)24-15-38-22(3)39-16-24;1-20-6-3-4-7-25(20)26-8-5-9-29(33(26)36)39-34(44)31-15-24(35)17-41(31)32(43)19-40-18-28(21(2)42)27-14-22(10-11-30(27)40)23-12-13-37-38-16-23;1-15(36)21-13-34(22-7-6-17(8-20(21)22)18-10-30-16(2)31-11-18)14-26(37)35-12-19(29)9-23(35)27(38)33-25-5-3-4-24(28)32-25/h4-13,15-16,18,25,32H,14,17,19H2,1-3H3,(H,40,45);3-14,16,18,24,31H,15,17,19H2,1-2H3,(H,39,44);3-8,10-11,13,19,23H,9,12,14H2,1-2H3,(H,32,33,38)/t25-,32?;24-,31?;19-,23?/m111/s1. The van der Waals surface area contributed by atoms with Crippen molar-refractivity contribution in [1.29, 1.82) is 0 Å². The SMILES string of the molecule is CC(=O)c1cn(CC(=O)N2C[C@H](F)CC2C(=O)Nc2cccc(-c3ccccc3C)c2F)c2ccc(-c3ccnnc3)cc12.CC(=O)c1cn(CC(=O)N2C[C@H](F)CC2C(=O)Nc2cccc(-c3ccccc3C)c2F)c2ccc(-c3cnc(C)nc3)cc12.CC(=O)c1cn(CC(=O)N2C[C@H](F)CC2C(=O)Nc2cccc(Br)n2)c2ccc(-c3cnc(C)nc3)cc12. The lowest BCUT2D eigenvalue weighted by Gasteiger charge is -2.24. The second-order valence-electron chi connectivity index (χ2n) is 31.5. The molecule has 0 spiro atoms. The van der Waals surface area contributed by atoms with E-state index in [2.05, 4.69) is 67.0 Å². The van der Waals surface area contributed by atoms with Crippen molar-refractivity contribution in [2.24, 2.45) is 0 Å². The highest BCUT2D eigenvalue weighted by Gasteiger charge is 2.43. The van der Waals surface area contributed by atoms with Crippen molar-refractivity contribution < 1.29 is 65.1 Å². The van der Waals surface area contributed by atoms with Gasteiger partial charge >= 0.3 is 0 Å². The predicted molar refractivity (Wildman–Crippen MR) is 474 cm³/mol. The summed E-state index contributed by atoms with van der Waals surface area (Å²) in [5.41, 5.74) is 11.8. The number of halogens is 6. The van der Waals surface area contributed by atoms with Crippen molar-refractivity contribution in [3.63, 3.8) is 0 Å². The highest BCUT2D eigenvalue weighted by atomic mass is 79.9. The number of fused-ring (bicyclic) bond motifs is 3. The fraction of sp³-hybridized carbons (Fsp3) is 0.229. The molecule has 7 aromatic carbocycles. The summed E-state index contributed by atoms with van der Waals surface area (Å²) in [4.78, 5) is 143. The summed E-state index contributed by atoms with van der Waals surface area (Å²) in [7, 11) is 0. The molecule has 3 unspecified atom stereocenters. The van der Waals surface area contributed by atoms with Gasteiger partial charge < -0.3 is 44.4 Å². The van der Waals surface area contributed by atoms with Crippen LogP contribution in [-0.4, -0.2) is 173 Å². The Hall–Kier alpha value is -14.5. The van der Waals surface area contributed by atoms with Crippen LogP contribution in [0.25, 0.3) is 88.3 Å². The number of aryl methyl sites for hydroxylation is 4. The van der Waals surface area contributed by atoms with Gasteiger partial charge in [-0.1, -0.05) is 97.1 Å². The summed E-state index contributed by atoms with van der Waals surface area (Å²) in [6.45, 7) is 10.4. The van der Waals surface area contributed by atoms with Crippen LogP contribution in [0.2, 0.25) is 0 Å². The van der Waals surface area contributed by atoms with Gasteiger partial charge in [0, 0.05) is 140 Å². The number of pyridine rings is 1. The van der Waals surface area contributed by atoms with E-state index in [1.54, 1.807) is 162 Å². The monoisotopic (exact) mass is 1780 g/mol. The number of amides is 6. The third-order valence-electron chi connectivity index (χ3n) is 22.8. The topological polar surface area (TPSA) is 304 Å². The lowest BCUT2D eigenvalue weighted by molar-refractivity contribution is -0.137. The summed E-state index contributed by atoms with van der Waals surface area (Å²) in [5.74, 6) is -3.39. The van der Waals surface area contributed by atoms with Crippen molar-refractivity contribution in [3.8, 4) is 55.6 Å². The molecule has 10 heterocycles. The van der Waals surface area contributed by atoms with Gasteiger partial charge in [-0.3, -0.25) is 43.2 Å². The number of nitrogens with one attached hydrogen (secondary N) is 3. The second-order valence-corrected chi connectivity index (χ2v) is 32.3. The fourth-order valence-electron chi connectivity index (χ4n) is 16.4. The van der Waals surface area contributed by atoms with Gasteiger partial charge in [0.25, 0.3) is 0 Å². The summed E-state index contributed by atoms with van der Waals surface area (Å²) >= 11 is 3.25. The summed E-state index contributed by atoms with van der Waals surface area (Å²) in [5, 5.41) is 17.5. The molecule has 3 N–H and O–H groups in total. The number of rotatable bonds is 20. The minimum Gasteiger partial charge on any atom is -0.337 e. The van der Waals surface area contributed by atoms with E-state index in [0.29, 0.717) is 93.7 Å². The molecule has 0 aliphatic carbocycles. The molecule has 0 radical (unpaired) electrons. The predicted octanol–water partition coefficient (Wildman–Crippen LogP) is 16.6. The molecule has 3 aliphatic heterocycles. The molecule has 3 aliphatic rings. The average molecular weight is 1780 g/mol. The number of ketones is 3. The van der Waals surface area contributed by atoms with E-state index in [-0.39, 0.29) is 87.3 Å². The number of benzene rings is 7. The zero-order chi connectivity index (χ0) is 89.8. The quantitative estimate of drug-likeness (QED) is 0.0363. The van der Waals surface area contributed by atoms with Crippen molar-refractivity contribution in [2.75, 3.05) is 35.6 Å². The average Bonchev–Trinajstić information content (AvgIpc) is 1.64. The molecular weight excluding hydrogens is 1700 g/mol. The molecule has 0 bridgehead atoms. The summed E-state index contributed by atoms with van der Waals surface area (Å²) in [6, 6.07) is 44.3. The number of hydrogen-bond donors (Lipinski definition) is 3. The first kappa shape index (κ1) is 87.4. The third kappa shape index (κ3) is 19.1. The van der Waals surface area contributed by atoms with Gasteiger partial charge in [-0.05, 0) is 170 Å². The van der Waals surface area contributed by atoms with Gasteiger partial charge in [-0.2, -0.15) is 10.2 Å². The van der Waals surface area contributed by atoms with E-state index < -0.39 is 83.7 Å². The lowest BCUT2D eigenvalue weighted by atomic mass is 9.99. The molecule has 644 valence electrons. The molecule has 25 nitrogen and oxygen atoms in total. The number of hydrogen-bond acceptors (Lipinski definition) is 16. The normalized spacial score (nSPS) is 16.5. The Morgan fingerprint density at radius 3 is 1.10 bits per heavy atom. The molecule has 6 atom stereocenters. The number of aromatic nitrogens is 10. The molecule has 7 aromatic heterocycles. The first-order valence-electron chi connectivity index (χ1n) is 40.8. The molecule has 127 heavy (non-hydrogen) atoms. The van der Waals surface area contributed by atoms with Crippen LogP contribution >= 0.6 is 15.9 Å². The zero-order valence-electron chi connectivity index (χ0n) is 69.9. The van der Waals surface area contributed by atoms with Crippen LogP contribution in [0.15, 0.2) is 224 Å². The molecule has 14 aromatic rings. The van der Waals surface area contributed by atoms with Gasteiger partial charge in [-0.25, -0.2) is 46.9 Å². The van der Waals surface area contributed by atoms with Crippen LogP contribution < -0.4 is 16.0 Å². The Morgan fingerprint density at radius 1 is 0.394 bits per heavy atom. The highest BCUT2D eigenvalue weighted by Crippen LogP contribution is 2.38. The minimum absolute atomic E-state index is 0.0480. The third-order valence-corrected chi connectivity index (χ3v) is 23.3. The second kappa shape index (κ2) is 37.5. The fourth-order valence-corrected chi connectivity index (χ4v) is 16.7. The lowest BCUT2D eigenvalue weighted by Crippen LogP contribution is -2.44. The molecule has 3 fully saturated rings. The Morgan fingerprint density at radius 2 is 0.748 bits per heavy atom. The van der Waals surface area contributed by atoms with Crippen molar-refractivity contribution >= 4 is 119 Å². The summed E-state index contributed by atoms with van der Waals surface area (Å²) in [6.07, 6.45) is 10.2. The first-order valence-corrected chi connectivity index (χ1v) is 41.6. The number of likely N-dealkylation sites (tertiary alicyclic amines) is 3. The number of alkyl halides is 3. The van der Waals surface area contributed by atoms with Crippen molar-refractivity contribution in [1.82, 2.24) is 63.5 Å². The van der Waals surface area contributed by atoms with Crippen LogP contribution in [0.4, 0.5) is 39.1 Å². The molecule has 17 rings (SSSR count). The number of nitrogens with zero attached hydrogens (tertiary/aromatic N) is 13. The van der Waals surface area contributed by atoms with E-state index in [4.69, 9.17) is 0 Å². The number of carbonyl (C=O) groups excluding carboxylic acids is 9. The van der Waals surface area contributed by atoms with Crippen LogP contribution in [0.5, 0.6) is 0 Å². The number of carbonyl (C=O) groups is 9. The van der Waals surface area contributed by atoms with Crippen LogP contribution in [0, 0.1) is 39.3 Å². The minimum atomic E-state index is -1.42. The Bertz CT molecular complexity index is 6670. The first-order chi connectivity index (χ1) is 61.0. The summed E-state index contributed by atoms with van der Waals surface area (Å²) < 4.78 is 80.4. The van der Waals surface area contributed by atoms with Crippen LogP contribution in [0.3, 0.4) is 0 Å². The Labute approximate surface area is 733 Å². The van der Waals surface area contributed by atoms with Crippen LogP contribution in [0.1, 0.15) is 93.9 Å². The molecule has 3 saturated heterocycles. The Balaban J connectivity index is 0.000000147. The molecule has 6 amide bonds. The van der Waals surface area contributed by atoms with Gasteiger partial charge in [0.15, 0.2) is 29.0 Å². The maximum atomic E-state index is 15.6. The smallest absolute Gasteiger partial charge is 0.248 e. The number of anilines is 3. The van der Waals surface area contributed by atoms with Crippen molar-refractivity contribution in [2.45, 2.75) is 124 Å². The van der Waals surface area contributed by atoms with Crippen molar-refractivity contribution in [3.05, 3.63) is 275 Å². The van der Waals surface area contributed by atoms with E-state index >= 15 is 8.78 Å². The van der Waals surface area contributed by atoms with Gasteiger partial charge in [0.05, 0.1) is 43.4 Å². The molecular formula is C96H84BrF5N16O9. The number of Topliss-reactive ketones (excluding diaryl/α,β-unsaturated/α-hetero) is 3. The molecule has 31 heteroatoms. The Kier molecular flexibility index (Phi) is 25.8. The zero-order valence-corrected chi connectivity index (χ0v) is 71.5. The van der Waals surface area contributed by atoms with Gasteiger partial charge in [0.1, 0.15) is 78.3 Å². The highest BCUT2D eigenvalue weighted by molar-refractivity contribution is 9.10. The van der Waals surface area contributed by atoms with E-state index in [0.717, 1.165) is 44.5 Å². The maximum absolute atomic E-state index is 15.6. The van der Waals surface area contributed by atoms with Gasteiger partial charge in [0.2, 0.25) is 35.4 Å². The maximum Gasteiger partial charge on any atom is 0.248 e. The van der Waals surface area contributed by atoms with Gasteiger partial charge in [-0.15, -0.1) is 0 Å². The largest absolute Gasteiger partial charge is 0.337 e. The molecule has 0 saturated carbocycles. The van der Waals surface area contributed by atoms with E-state index in [1.165, 1.54) is 47.6 Å². The van der Waals surface area contributed by atoms with E-state index in [1.807, 2.05) is 86.6 Å². The van der Waals surface area contributed by atoms with E-state index in [9.17, 15) is 56.3 Å². The van der Waals surface area contributed by atoms with Crippen LogP contribution in [-0.2, 0) is 48.4 Å².